The van der Waals surface area contributed by atoms with Gasteiger partial charge in [-0.05, 0) is 41.2 Å². The molecule has 0 aromatic heterocycles. The van der Waals surface area contributed by atoms with Crippen LogP contribution in [0.15, 0.2) is 60.7 Å². The molecule has 2 amide bonds. The summed E-state index contributed by atoms with van der Waals surface area (Å²) in [4.78, 5) is 31.7. The minimum absolute atomic E-state index is 0.0138. The number of benzene rings is 4. The number of fused-ring (bicyclic) bond motifs is 6. The summed E-state index contributed by atoms with van der Waals surface area (Å²) >= 11 is 12.8. The van der Waals surface area contributed by atoms with Gasteiger partial charge in [-0.2, -0.15) is 0 Å². The molecule has 8 heteroatoms. The third kappa shape index (κ3) is 4.22. The molecule has 0 radical (unpaired) electrons. The number of hydrogen-bond donors (Lipinski definition) is 2. The lowest BCUT2D eigenvalue weighted by atomic mass is 9.80. The molecule has 42 heavy (non-hydrogen) atoms. The van der Waals surface area contributed by atoms with Gasteiger partial charge in [0, 0.05) is 71.4 Å². The van der Waals surface area contributed by atoms with Crippen molar-refractivity contribution in [1.29, 1.82) is 0 Å². The molecule has 4 aromatic carbocycles. The van der Waals surface area contributed by atoms with Gasteiger partial charge in [0.2, 0.25) is 11.8 Å². The zero-order valence-electron chi connectivity index (χ0n) is 23.1. The maximum atomic E-state index is 14.1. The summed E-state index contributed by atoms with van der Waals surface area (Å²) in [6.07, 6.45) is 2.67. The van der Waals surface area contributed by atoms with E-state index in [1.165, 1.54) is 0 Å². The fourth-order valence-corrected chi connectivity index (χ4v) is 8.11. The second-order valence-electron chi connectivity index (χ2n) is 11.9. The summed E-state index contributed by atoms with van der Waals surface area (Å²) in [7, 11) is 0. The van der Waals surface area contributed by atoms with Crippen molar-refractivity contribution in [3.05, 3.63) is 71.8 Å². The fourth-order valence-electron chi connectivity index (χ4n) is 7.60. The molecular formula is C34H32Cl2N2O4. The molecule has 4 atom stereocenters. The summed E-state index contributed by atoms with van der Waals surface area (Å²) in [5, 5.41) is 24.9. The number of amides is 2. The van der Waals surface area contributed by atoms with Crippen LogP contribution in [-0.2, 0) is 9.59 Å². The number of nitrogens with zero attached hydrogens (tertiary/aromatic N) is 2. The Balaban J connectivity index is 1.17. The Morgan fingerprint density at radius 1 is 0.690 bits per heavy atom. The summed E-state index contributed by atoms with van der Waals surface area (Å²) in [5.41, 5.74) is 3.44. The molecule has 3 aliphatic rings. The van der Waals surface area contributed by atoms with Crippen LogP contribution in [0, 0.1) is 11.8 Å². The molecule has 6 nitrogen and oxygen atoms in total. The highest BCUT2D eigenvalue weighted by molar-refractivity contribution is 6.19. The van der Waals surface area contributed by atoms with Crippen LogP contribution in [0.1, 0.15) is 48.6 Å². The van der Waals surface area contributed by atoms with Crippen molar-refractivity contribution >= 4 is 67.9 Å². The number of halogens is 2. The van der Waals surface area contributed by atoms with Crippen molar-refractivity contribution < 1.29 is 19.8 Å². The van der Waals surface area contributed by atoms with Gasteiger partial charge in [-0.1, -0.05) is 55.0 Å². The molecule has 2 aliphatic heterocycles. The van der Waals surface area contributed by atoms with E-state index >= 15 is 0 Å². The lowest BCUT2D eigenvalue weighted by molar-refractivity contribution is -0.127. The van der Waals surface area contributed by atoms with Crippen LogP contribution in [0.5, 0.6) is 11.5 Å². The maximum absolute atomic E-state index is 14.1. The molecule has 4 aromatic rings. The van der Waals surface area contributed by atoms with Crippen LogP contribution < -0.4 is 9.80 Å². The van der Waals surface area contributed by atoms with E-state index in [4.69, 9.17) is 23.2 Å². The van der Waals surface area contributed by atoms with Crippen molar-refractivity contribution in [2.45, 2.75) is 37.5 Å². The number of aromatic hydroxyl groups is 2. The van der Waals surface area contributed by atoms with Crippen molar-refractivity contribution in [2.75, 3.05) is 34.6 Å². The Bertz CT molecular complexity index is 1620. The number of carbonyl (C=O) groups is 2. The summed E-state index contributed by atoms with van der Waals surface area (Å²) in [5.74, 6) is 0.321. The van der Waals surface area contributed by atoms with E-state index in [1.807, 2.05) is 48.5 Å². The monoisotopic (exact) mass is 602 g/mol. The highest BCUT2D eigenvalue weighted by Crippen LogP contribution is 2.48. The molecule has 2 heterocycles. The minimum Gasteiger partial charge on any atom is -0.507 e. The lowest BCUT2D eigenvalue weighted by Gasteiger charge is -2.33. The van der Waals surface area contributed by atoms with E-state index in [1.54, 1.807) is 21.9 Å². The first-order valence-corrected chi connectivity index (χ1v) is 15.7. The standard InChI is InChI=1S/C34H32Cl2N2O4/c35-15-21-17-37(27-13-29(39)23-8-1-3-10-25(23)31(21)27)33(41)19-6-5-7-20(12-19)34(42)38-18-22(16-36)32-26-11-4-2-9-24(26)30(40)14-28(32)38/h1-4,8-11,13-14,19-22,39-40H,5-7,12,15-18H2/t19-,20+,21-,22-/m1/s1. The van der Waals surface area contributed by atoms with Crippen molar-refractivity contribution in [3.8, 4) is 11.5 Å². The Morgan fingerprint density at radius 2 is 1.10 bits per heavy atom. The highest BCUT2D eigenvalue weighted by Gasteiger charge is 2.42. The quantitative estimate of drug-likeness (QED) is 0.241. The van der Waals surface area contributed by atoms with Gasteiger partial charge in [-0.25, -0.2) is 0 Å². The van der Waals surface area contributed by atoms with E-state index in [-0.39, 0.29) is 47.0 Å². The fraction of sp³-hybridized carbons (Fsp3) is 0.353. The Kier molecular flexibility index (Phi) is 6.94. The second kappa shape index (κ2) is 10.7. The number of rotatable bonds is 4. The van der Waals surface area contributed by atoms with Gasteiger partial charge in [-0.15, -0.1) is 23.2 Å². The van der Waals surface area contributed by atoms with E-state index < -0.39 is 0 Å². The molecule has 2 N–H and O–H groups in total. The first kappa shape index (κ1) is 27.4. The average Bonchev–Trinajstić information content (AvgIpc) is 3.59. The van der Waals surface area contributed by atoms with Crippen molar-refractivity contribution in [2.24, 2.45) is 11.8 Å². The molecule has 1 saturated carbocycles. The van der Waals surface area contributed by atoms with Crippen molar-refractivity contribution in [1.82, 2.24) is 0 Å². The van der Waals surface area contributed by atoms with Crippen LogP contribution in [0.4, 0.5) is 11.4 Å². The van der Waals surface area contributed by atoms with E-state index in [0.29, 0.717) is 44.1 Å². The lowest BCUT2D eigenvalue weighted by Crippen LogP contribution is -2.42. The normalized spacial score (nSPS) is 23.4. The molecule has 0 bridgehead atoms. The summed E-state index contributed by atoms with van der Waals surface area (Å²) in [6.45, 7) is 0.924. The van der Waals surface area contributed by atoms with Crippen LogP contribution in [0.3, 0.4) is 0 Å². The number of anilines is 2. The summed E-state index contributed by atoms with van der Waals surface area (Å²) in [6, 6.07) is 18.7. The molecule has 216 valence electrons. The third-order valence-corrected chi connectivity index (χ3v) is 10.3. The van der Waals surface area contributed by atoms with Crippen LogP contribution in [-0.4, -0.2) is 46.9 Å². The van der Waals surface area contributed by atoms with E-state index in [2.05, 4.69) is 0 Å². The predicted molar refractivity (Wildman–Crippen MR) is 168 cm³/mol. The van der Waals surface area contributed by atoms with Gasteiger partial charge in [0.25, 0.3) is 0 Å². The zero-order valence-corrected chi connectivity index (χ0v) is 24.6. The van der Waals surface area contributed by atoms with Gasteiger partial charge < -0.3 is 20.0 Å². The Labute approximate surface area is 254 Å². The average molecular weight is 604 g/mol. The topological polar surface area (TPSA) is 81.1 Å². The molecule has 0 saturated heterocycles. The number of alkyl halides is 2. The highest BCUT2D eigenvalue weighted by atomic mass is 35.5. The SMILES string of the molecule is O=C([C@@H]1CCC[C@H](C(=O)N2C[C@@H](CCl)c3c2cc(O)c2ccccc32)C1)N1C[C@@H](CCl)c2c1cc(O)c1ccccc21. The van der Waals surface area contributed by atoms with E-state index in [9.17, 15) is 19.8 Å². The van der Waals surface area contributed by atoms with Crippen molar-refractivity contribution in [3.63, 3.8) is 0 Å². The maximum Gasteiger partial charge on any atom is 0.230 e. The first-order valence-electron chi connectivity index (χ1n) is 14.6. The number of carbonyl (C=O) groups excluding carboxylic acids is 2. The zero-order chi connectivity index (χ0) is 29.1. The first-order chi connectivity index (χ1) is 20.4. The van der Waals surface area contributed by atoms with Gasteiger partial charge in [0.05, 0.1) is 11.4 Å². The molecule has 0 spiro atoms. The third-order valence-electron chi connectivity index (χ3n) is 9.57. The Morgan fingerprint density at radius 3 is 1.50 bits per heavy atom. The van der Waals surface area contributed by atoms with Gasteiger partial charge in [0.1, 0.15) is 11.5 Å². The van der Waals surface area contributed by atoms with Gasteiger partial charge >= 0.3 is 0 Å². The summed E-state index contributed by atoms with van der Waals surface area (Å²) < 4.78 is 0. The largest absolute Gasteiger partial charge is 0.507 e. The van der Waals surface area contributed by atoms with Gasteiger partial charge in [-0.3, -0.25) is 9.59 Å². The Hall–Kier alpha value is -3.48. The van der Waals surface area contributed by atoms with Crippen LogP contribution in [0.25, 0.3) is 21.5 Å². The number of phenols is 2. The molecule has 1 aliphatic carbocycles. The van der Waals surface area contributed by atoms with E-state index in [0.717, 1.165) is 50.5 Å². The predicted octanol–water partition coefficient (Wildman–Crippen LogP) is 7.25. The van der Waals surface area contributed by atoms with Gasteiger partial charge in [0.15, 0.2) is 0 Å². The molecule has 0 unspecified atom stereocenters. The molecular weight excluding hydrogens is 571 g/mol. The number of hydrogen-bond acceptors (Lipinski definition) is 4. The molecule has 7 rings (SSSR count). The van der Waals surface area contributed by atoms with Crippen LogP contribution in [0.2, 0.25) is 0 Å². The smallest absolute Gasteiger partial charge is 0.230 e. The van der Waals surface area contributed by atoms with Crippen LogP contribution >= 0.6 is 23.2 Å². The minimum atomic E-state index is -0.306. The number of phenolic OH excluding ortho intramolecular Hbond substituents is 2. The second-order valence-corrected chi connectivity index (χ2v) is 12.5. The molecule has 1 fully saturated rings.